The molecular weight excluding hydrogens is 455 g/mol. The third-order valence-corrected chi connectivity index (χ3v) is 6.94. The molecule has 0 saturated carbocycles. The summed E-state index contributed by atoms with van der Waals surface area (Å²) >= 11 is 12.4. The third kappa shape index (κ3) is 5.15. The molecular formula is C27H28Cl2N2O2. The molecule has 6 heteroatoms. The number of hydrogen-bond donors (Lipinski definition) is 1. The Morgan fingerprint density at radius 1 is 0.879 bits per heavy atom. The van der Waals surface area contributed by atoms with Crippen molar-refractivity contribution in [1.82, 2.24) is 10.2 Å². The zero-order valence-corrected chi connectivity index (χ0v) is 20.2. The lowest BCUT2D eigenvalue weighted by Crippen LogP contribution is -2.60. The lowest BCUT2D eigenvalue weighted by Gasteiger charge is -2.45. The minimum Gasteiger partial charge on any atom is -0.486 e. The second-order valence-electron chi connectivity index (χ2n) is 9.12. The predicted molar refractivity (Wildman–Crippen MR) is 134 cm³/mol. The molecule has 1 fully saturated rings. The smallest absolute Gasteiger partial charge is 0.161 e. The Labute approximate surface area is 205 Å². The maximum absolute atomic E-state index is 6.19. The van der Waals surface area contributed by atoms with E-state index in [9.17, 15) is 0 Å². The minimum absolute atomic E-state index is 0.0842. The van der Waals surface area contributed by atoms with Crippen LogP contribution in [0.5, 0.6) is 11.5 Å². The SMILES string of the molecule is CC1(Cc2ccc3c(c2)OCCO3)CN(C(c2ccc(Cl)cc2)c2ccc(Cl)cc2)CCN1. The normalized spacial score (nSPS) is 20.7. The van der Waals surface area contributed by atoms with E-state index in [2.05, 4.69) is 53.5 Å². The molecule has 1 unspecified atom stereocenters. The molecule has 4 nitrogen and oxygen atoms in total. The fraction of sp³-hybridized carbons (Fsp3) is 0.333. The number of ether oxygens (including phenoxy) is 2. The summed E-state index contributed by atoms with van der Waals surface area (Å²) in [4.78, 5) is 2.56. The van der Waals surface area contributed by atoms with Crippen molar-refractivity contribution >= 4 is 23.2 Å². The van der Waals surface area contributed by atoms with Crippen molar-refractivity contribution in [2.45, 2.75) is 24.9 Å². The van der Waals surface area contributed by atoms with Crippen molar-refractivity contribution in [2.75, 3.05) is 32.8 Å². The molecule has 3 aromatic carbocycles. The Hall–Kier alpha value is -2.24. The van der Waals surface area contributed by atoms with Gasteiger partial charge in [-0.3, -0.25) is 4.90 Å². The van der Waals surface area contributed by atoms with Gasteiger partial charge >= 0.3 is 0 Å². The van der Waals surface area contributed by atoms with Gasteiger partial charge in [0.2, 0.25) is 0 Å². The lowest BCUT2D eigenvalue weighted by molar-refractivity contribution is 0.115. The van der Waals surface area contributed by atoms with Gasteiger partial charge in [0.15, 0.2) is 11.5 Å². The fourth-order valence-corrected chi connectivity index (χ4v) is 5.23. The number of fused-ring (bicyclic) bond motifs is 1. The Kier molecular flexibility index (Phi) is 6.53. The van der Waals surface area contributed by atoms with E-state index >= 15 is 0 Å². The van der Waals surface area contributed by atoms with Crippen molar-refractivity contribution < 1.29 is 9.47 Å². The molecule has 2 aliphatic heterocycles. The molecule has 0 radical (unpaired) electrons. The van der Waals surface area contributed by atoms with E-state index in [4.69, 9.17) is 32.7 Å². The maximum atomic E-state index is 6.19. The minimum atomic E-state index is -0.0842. The number of halogens is 2. The second kappa shape index (κ2) is 9.55. The monoisotopic (exact) mass is 482 g/mol. The van der Waals surface area contributed by atoms with E-state index in [1.165, 1.54) is 16.7 Å². The van der Waals surface area contributed by atoms with E-state index in [1.54, 1.807) is 0 Å². The number of rotatable bonds is 5. The first kappa shape index (κ1) is 22.5. The molecule has 1 saturated heterocycles. The molecule has 0 aromatic heterocycles. The first-order valence-electron chi connectivity index (χ1n) is 11.4. The molecule has 33 heavy (non-hydrogen) atoms. The van der Waals surface area contributed by atoms with Gasteiger partial charge in [0.1, 0.15) is 13.2 Å². The van der Waals surface area contributed by atoms with Crippen molar-refractivity contribution in [3.05, 3.63) is 93.5 Å². The highest BCUT2D eigenvalue weighted by Crippen LogP contribution is 2.35. The first-order chi connectivity index (χ1) is 16.0. The summed E-state index contributed by atoms with van der Waals surface area (Å²) in [5.41, 5.74) is 3.61. The van der Waals surface area contributed by atoms with Crippen molar-refractivity contribution in [3.8, 4) is 11.5 Å². The summed E-state index contributed by atoms with van der Waals surface area (Å²) in [5, 5.41) is 5.27. The van der Waals surface area contributed by atoms with Crippen LogP contribution in [0.1, 0.15) is 29.7 Å². The van der Waals surface area contributed by atoms with Crippen LogP contribution in [0.3, 0.4) is 0 Å². The summed E-state index contributed by atoms with van der Waals surface area (Å²) in [6.45, 7) is 6.28. The molecule has 3 aromatic rings. The quantitative estimate of drug-likeness (QED) is 0.501. The van der Waals surface area contributed by atoms with Gasteiger partial charge in [0.05, 0.1) is 6.04 Å². The van der Waals surface area contributed by atoms with E-state index < -0.39 is 0 Å². The van der Waals surface area contributed by atoms with Gasteiger partial charge in [0, 0.05) is 35.2 Å². The van der Waals surface area contributed by atoms with Gasteiger partial charge in [0.25, 0.3) is 0 Å². The number of nitrogens with one attached hydrogen (secondary N) is 1. The zero-order valence-electron chi connectivity index (χ0n) is 18.7. The van der Waals surface area contributed by atoms with Gasteiger partial charge in [-0.05, 0) is 66.4 Å². The van der Waals surface area contributed by atoms with Crippen LogP contribution in [0.2, 0.25) is 10.0 Å². The Morgan fingerprint density at radius 2 is 1.48 bits per heavy atom. The molecule has 1 N–H and O–H groups in total. The third-order valence-electron chi connectivity index (χ3n) is 6.44. The summed E-state index contributed by atoms with van der Waals surface area (Å²) in [6.07, 6.45) is 0.897. The molecule has 1 atom stereocenters. The van der Waals surface area contributed by atoms with E-state index in [0.717, 1.165) is 47.6 Å². The van der Waals surface area contributed by atoms with Crippen LogP contribution in [0.25, 0.3) is 0 Å². The van der Waals surface area contributed by atoms with Crippen LogP contribution in [0.4, 0.5) is 0 Å². The predicted octanol–water partition coefficient (Wildman–Crippen LogP) is 5.76. The fourth-order valence-electron chi connectivity index (χ4n) is 4.98. The largest absolute Gasteiger partial charge is 0.486 e. The van der Waals surface area contributed by atoms with E-state index in [0.29, 0.717) is 13.2 Å². The van der Waals surface area contributed by atoms with Gasteiger partial charge in [-0.25, -0.2) is 0 Å². The molecule has 5 rings (SSSR count). The average Bonchev–Trinajstić information content (AvgIpc) is 2.81. The van der Waals surface area contributed by atoms with Crippen LogP contribution in [-0.2, 0) is 6.42 Å². The first-order valence-corrected chi connectivity index (χ1v) is 12.1. The van der Waals surface area contributed by atoms with Gasteiger partial charge < -0.3 is 14.8 Å². The molecule has 0 spiro atoms. The van der Waals surface area contributed by atoms with Crippen molar-refractivity contribution in [2.24, 2.45) is 0 Å². The molecule has 172 valence electrons. The highest BCUT2D eigenvalue weighted by molar-refractivity contribution is 6.30. The average molecular weight is 483 g/mol. The van der Waals surface area contributed by atoms with E-state index in [-0.39, 0.29) is 11.6 Å². The summed E-state index contributed by atoms with van der Waals surface area (Å²) in [5.74, 6) is 1.68. The molecule has 0 bridgehead atoms. The molecule has 0 aliphatic carbocycles. The Bertz CT molecular complexity index is 1060. The van der Waals surface area contributed by atoms with Gasteiger partial charge in [-0.15, -0.1) is 0 Å². The topological polar surface area (TPSA) is 33.7 Å². The van der Waals surface area contributed by atoms with Crippen LogP contribution >= 0.6 is 23.2 Å². The van der Waals surface area contributed by atoms with Crippen LogP contribution in [0, 0.1) is 0 Å². The summed E-state index contributed by atoms with van der Waals surface area (Å²) in [6, 6.07) is 22.8. The van der Waals surface area contributed by atoms with Crippen LogP contribution < -0.4 is 14.8 Å². The molecule has 2 heterocycles. The van der Waals surface area contributed by atoms with Gasteiger partial charge in [-0.2, -0.15) is 0 Å². The second-order valence-corrected chi connectivity index (χ2v) is 9.99. The Balaban J connectivity index is 1.41. The highest BCUT2D eigenvalue weighted by atomic mass is 35.5. The number of piperazine rings is 1. The number of nitrogens with zero attached hydrogens (tertiary/aromatic N) is 1. The lowest BCUT2D eigenvalue weighted by atomic mass is 9.87. The standard InChI is InChI=1S/C27H28Cl2N2O2/c1-27(17-19-2-11-24-25(16-19)33-15-14-32-24)18-31(13-12-30-27)26(20-3-7-22(28)8-4-20)21-5-9-23(29)10-6-21/h2-11,16,26,30H,12-15,17-18H2,1H3. The highest BCUT2D eigenvalue weighted by Gasteiger charge is 2.35. The Morgan fingerprint density at radius 3 is 2.12 bits per heavy atom. The molecule has 0 amide bonds. The van der Waals surface area contributed by atoms with E-state index in [1.807, 2.05) is 30.3 Å². The maximum Gasteiger partial charge on any atom is 0.161 e. The van der Waals surface area contributed by atoms with Crippen LogP contribution in [0.15, 0.2) is 66.7 Å². The van der Waals surface area contributed by atoms with Crippen molar-refractivity contribution in [3.63, 3.8) is 0 Å². The summed E-state index contributed by atoms with van der Waals surface area (Å²) < 4.78 is 11.5. The van der Waals surface area contributed by atoms with Crippen LogP contribution in [-0.4, -0.2) is 43.3 Å². The molecule has 2 aliphatic rings. The zero-order chi connectivity index (χ0) is 22.8. The van der Waals surface area contributed by atoms with Crippen molar-refractivity contribution in [1.29, 1.82) is 0 Å². The van der Waals surface area contributed by atoms with Gasteiger partial charge in [-0.1, -0.05) is 53.5 Å². The number of benzene rings is 3. The number of hydrogen-bond acceptors (Lipinski definition) is 4. The summed E-state index contributed by atoms with van der Waals surface area (Å²) in [7, 11) is 0.